The van der Waals surface area contributed by atoms with Crippen molar-refractivity contribution in [2.24, 2.45) is 0 Å². The predicted molar refractivity (Wildman–Crippen MR) is 77.2 cm³/mol. The second kappa shape index (κ2) is 6.90. The highest BCUT2D eigenvalue weighted by molar-refractivity contribution is 5.27. The number of rotatable bonds is 6. The Morgan fingerprint density at radius 3 is 2.58 bits per heavy atom. The van der Waals surface area contributed by atoms with Crippen LogP contribution in [0.1, 0.15) is 18.1 Å². The van der Waals surface area contributed by atoms with Crippen LogP contribution in [0.5, 0.6) is 5.75 Å². The summed E-state index contributed by atoms with van der Waals surface area (Å²) in [6.45, 7) is 3.05. The number of pyridine rings is 1. The first kappa shape index (κ1) is 13.6. The van der Waals surface area contributed by atoms with Gasteiger partial charge in [-0.3, -0.25) is 4.98 Å². The molecule has 3 nitrogen and oxygen atoms in total. The van der Waals surface area contributed by atoms with Crippen molar-refractivity contribution in [1.29, 1.82) is 0 Å². The molecule has 1 N–H and O–H groups in total. The van der Waals surface area contributed by atoms with E-state index in [1.165, 1.54) is 11.1 Å². The van der Waals surface area contributed by atoms with Crippen molar-refractivity contribution in [3.8, 4) is 5.75 Å². The van der Waals surface area contributed by atoms with E-state index in [9.17, 15) is 0 Å². The Bertz CT molecular complexity index is 482. The molecule has 2 rings (SSSR count). The molecule has 0 spiro atoms. The maximum absolute atomic E-state index is 5.16. The predicted octanol–water partition coefficient (Wildman–Crippen LogP) is 2.81. The van der Waals surface area contributed by atoms with Gasteiger partial charge in [0.05, 0.1) is 7.11 Å². The minimum Gasteiger partial charge on any atom is -0.497 e. The van der Waals surface area contributed by atoms with Gasteiger partial charge >= 0.3 is 0 Å². The molecule has 1 heterocycles. The third kappa shape index (κ3) is 4.38. The Labute approximate surface area is 114 Å². The molecule has 1 atom stereocenters. The average molecular weight is 256 g/mol. The lowest BCUT2D eigenvalue weighted by Gasteiger charge is -2.14. The van der Waals surface area contributed by atoms with Gasteiger partial charge < -0.3 is 10.1 Å². The quantitative estimate of drug-likeness (QED) is 0.863. The maximum Gasteiger partial charge on any atom is 0.118 e. The molecule has 3 heteroatoms. The van der Waals surface area contributed by atoms with Crippen LogP contribution in [0.2, 0.25) is 0 Å². The van der Waals surface area contributed by atoms with Crippen molar-refractivity contribution < 1.29 is 4.74 Å². The Balaban J connectivity index is 1.82. The molecule has 2 aromatic rings. The number of nitrogens with zero attached hydrogens (tertiary/aromatic N) is 1. The molecule has 0 aliphatic rings. The normalized spacial score (nSPS) is 12.1. The van der Waals surface area contributed by atoms with Crippen molar-refractivity contribution in [2.45, 2.75) is 25.9 Å². The van der Waals surface area contributed by atoms with Crippen molar-refractivity contribution in [2.75, 3.05) is 7.11 Å². The van der Waals surface area contributed by atoms with Crippen LogP contribution in [-0.2, 0) is 13.0 Å². The van der Waals surface area contributed by atoms with Gasteiger partial charge in [0.15, 0.2) is 0 Å². The summed E-state index contributed by atoms with van der Waals surface area (Å²) >= 11 is 0. The zero-order valence-corrected chi connectivity index (χ0v) is 11.5. The smallest absolute Gasteiger partial charge is 0.118 e. The molecule has 0 bridgehead atoms. The van der Waals surface area contributed by atoms with Crippen molar-refractivity contribution in [3.05, 3.63) is 59.9 Å². The first-order chi connectivity index (χ1) is 9.28. The first-order valence-electron chi connectivity index (χ1n) is 6.53. The lowest BCUT2D eigenvalue weighted by molar-refractivity contribution is 0.414. The molecule has 100 valence electrons. The summed E-state index contributed by atoms with van der Waals surface area (Å²) in [7, 11) is 1.69. The molecule has 1 aromatic carbocycles. The van der Waals surface area contributed by atoms with E-state index in [0.717, 1.165) is 18.7 Å². The zero-order valence-electron chi connectivity index (χ0n) is 11.5. The third-order valence-electron chi connectivity index (χ3n) is 3.08. The summed E-state index contributed by atoms with van der Waals surface area (Å²) in [6, 6.07) is 12.7. The van der Waals surface area contributed by atoms with E-state index in [2.05, 4.69) is 35.4 Å². The molecular formula is C16H20N2O. The van der Waals surface area contributed by atoms with Crippen LogP contribution < -0.4 is 10.1 Å². The minimum absolute atomic E-state index is 0.425. The van der Waals surface area contributed by atoms with E-state index in [1.54, 1.807) is 13.3 Å². The minimum atomic E-state index is 0.425. The number of aromatic nitrogens is 1. The van der Waals surface area contributed by atoms with E-state index >= 15 is 0 Å². The molecule has 19 heavy (non-hydrogen) atoms. The summed E-state index contributed by atoms with van der Waals surface area (Å²) in [5.74, 6) is 0.903. The molecule has 1 aromatic heterocycles. The fourth-order valence-corrected chi connectivity index (χ4v) is 1.98. The Morgan fingerprint density at radius 2 is 1.95 bits per heavy atom. The first-order valence-corrected chi connectivity index (χ1v) is 6.53. The molecule has 0 fully saturated rings. The van der Waals surface area contributed by atoms with Gasteiger partial charge in [-0.05, 0) is 42.7 Å². The highest BCUT2D eigenvalue weighted by Crippen LogP contribution is 2.12. The summed E-state index contributed by atoms with van der Waals surface area (Å²) in [4.78, 5) is 4.11. The SMILES string of the molecule is COc1ccc(CC(C)NCc2cccnc2)cc1. The van der Waals surface area contributed by atoms with Gasteiger partial charge in [-0.2, -0.15) is 0 Å². The molecule has 0 amide bonds. The summed E-state index contributed by atoms with van der Waals surface area (Å²) in [5.41, 5.74) is 2.52. The number of nitrogens with one attached hydrogen (secondary N) is 1. The monoisotopic (exact) mass is 256 g/mol. The van der Waals surface area contributed by atoms with Gasteiger partial charge in [0.1, 0.15) is 5.75 Å². The van der Waals surface area contributed by atoms with E-state index in [4.69, 9.17) is 4.74 Å². The second-order valence-corrected chi connectivity index (χ2v) is 4.70. The van der Waals surface area contributed by atoms with Gasteiger partial charge in [0, 0.05) is 25.0 Å². The van der Waals surface area contributed by atoms with E-state index in [0.29, 0.717) is 6.04 Å². The van der Waals surface area contributed by atoms with Gasteiger partial charge in [0.2, 0.25) is 0 Å². The fourth-order valence-electron chi connectivity index (χ4n) is 1.98. The highest BCUT2D eigenvalue weighted by atomic mass is 16.5. The van der Waals surface area contributed by atoms with E-state index in [-0.39, 0.29) is 0 Å². The largest absolute Gasteiger partial charge is 0.497 e. The third-order valence-corrected chi connectivity index (χ3v) is 3.08. The van der Waals surface area contributed by atoms with Crippen LogP contribution in [0, 0.1) is 0 Å². The number of ether oxygens (including phenoxy) is 1. The standard InChI is InChI=1S/C16H20N2O/c1-13(18-12-15-4-3-9-17-11-15)10-14-5-7-16(19-2)8-6-14/h3-9,11,13,18H,10,12H2,1-2H3. The Morgan fingerprint density at radius 1 is 1.16 bits per heavy atom. The molecule has 0 saturated heterocycles. The van der Waals surface area contributed by atoms with Gasteiger partial charge in [-0.15, -0.1) is 0 Å². The van der Waals surface area contributed by atoms with E-state index in [1.807, 2.05) is 24.4 Å². The van der Waals surface area contributed by atoms with Crippen LogP contribution in [-0.4, -0.2) is 18.1 Å². The van der Waals surface area contributed by atoms with E-state index < -0.39 is 0 Å². The summed E-state index contributed by atoms with van der Waals surface area (Å²) in [5, 5.41) is 3.50. The zero-order chi connectivity index (χ0) is 13.5. The van der Waals surface area contributed by atoms with Gasteiger partial charge in [0.25, 0.3) is 0 Å². The number of methoxy groups -OCH3 is 1. The Hall–Kier alpha value is -1.87. The van der Waals surface area contributed by atoms with Crippen LogP contribution in [0.3, 0.4) is 0 Å². The summed E-state index contributed by atoms with van der Waals surface area (Å²) in [6.07, 6.45) is 4.70. The molecule has 0 aliphatic heterocycles. The average Bonchev–Trinajstić information content (AvgIpc) is 2.47. The number of hydrogen-bond acceptors (Lipinski definition) is 3. The van der Waals surface area contributed by atoms with Gasteiger partial charge in [-0.1, -0.05) is 18.2 Å². The lowest BCUT2D eigenvalue weighted by Crippen LogP contribution is -2.27. The second-order valence-electron chi connectivity index (χ2n) is 4.70. The Kier molecular flexibility index (Phi) is 4.93. The van der Waals surface area contributed by atoms with Crippen molar-refractivity contribution in [3.63, 3.8) is 0 Å². The highest BCUT2D eigenvalue weighted by Gasteiger charge is 2.03. The topological polar surface area (TPSA) is 34.1 Å². The lowest BCUT2D eigenvalue weighted by atomic mass is 10.1. The van der Waals surface area contributed by atoms with Crippen LogP contribution >= 0.6 is 0 Å². The van der Waals surface area contributed by atoms with Crippen LogP contribution in [0.4, 0.5) is 0 Å². The number of benzene rings is 1. The van der Waals surface area contributed by atoms with Crippen LogP contribution in [0.15, 0.2) is 48.8 Å². The molecule has 0 aliphatic carbocycles. The van der Waals surface area contributed by atoms with Gasteiger partial charge in [-0.25, -0.2) is 0 Å². The summed E-state index contributed by atoms with van der Waals surface area (Å²) < 4.78 is 5.16. The fraction of sp³-hybridized carbons (Fsp3) is 0.312. The molecule has 0 radical (unpaired) electrons. The molecule has 1 unspecified atom stereocenters. The van der Waals surface area contributed by atoms with Crippen molar-refractivity contribution in [1.82, 2.24) is 10.3 Å². The van der Waals surface area contributed by atoms with Crippen molar-refractivity contribution >= 4 is 0 Å². The molecule has 0 saturated carbocycles. The number of hydrogen-bond donors (Lipinski definition) is 1. The molecular weight excluding hydrogens is 236 g/mol. The maximum atomic E-state index is 5.16. The van der Waals surface area contributed by atoms with Crippen LogP contribution in [0.25, 0.3) is 0 Å².